The monoisotopic (exact) mass is 387 g/mol. The van der Waals surface area contributed by atoms with Gasteiger partial charge in [0.15, 0.2) is 0 Å². The van der Waals surface area contributed by atoms with Crippen LogP contribution >= 0.6 is 0 Å². The van der Waals surface area contributed by atoms with Crippen molar-refractivity contribution in [2.45, 2.75) is 18.0 Å². The number of hydrogen-bond donors (Lipinski definition) is 1. The second-order valence-electron chi connectivity index (χ2n) is 6.16. The summed E-state index contributed by atoms with van der Waals surface area (Å²) in [6.07, 6.45) is 7.23. The minimum atomic E-state index is -3.57. The van der Waals surface area contributed by atoms with Crippen molar-refractivity contribution in [3.63, 3.8) is 0 Å². The van der Waals surface area contributed by atoms with Crippen molar-refractivity contribution >= 4 is 15.9 Å². The molecule has 0 aliphatic carbocycles. The summed E-state index contributed by atoms with van der Waals surface area (Å²) in [5, 5.41) is 6.93. The SMILES string of the molecule is CN(C)S(=O)(=O)c1ccccc1CNC(=O)Cn1cc(-n2cccc2)cn1. The fourth-order valence-corrected chi connectivity index (χ4v) is 3.69. The molecule has 9 heteroatoms. The van der Waals surface area contributed by atoms with Gasteiger partial charge in [-0.1, -0.05) is 18.2 Å². The first kappa shape index (κ1) is 18.9. The maximum atomic E-state index is 12.4. The summed E-state index contributed by atoms with van der Waals surface area (Å²) in [5.74, 6) is -0.255. The molecule has 0 saturated carbocycles. The topological polar surface area (TPSA) is 89.2 Å². The highest BCUT2D eigenvalue weighted by atomic mass is 32.2. The third kappa shape index (κ3) is 4.26. The van der Waals surface area contributed by atoms with Gasteiger partial charge in [0.05, 0.1) is 16.8 Å². The van der Waals surface area contributed by atoms with E-state index in [2.05, 4.69) is 10.4 Å². The Bertz CT molecular complexity index is 1020. The molecule has 0 saturated heterocycles. The molecule has 0 aliphatic heterocycles. The lowest BCUT2D eigenvalue weighted by Crippen LogP contribution is -2.29. The van der Waals surface area contributed by atoms with E-state index < -0.39 is 10.0 Å². The normalized spacial score (nSPS) is 11.7. The fourth-order valence-electron chi connectivity index (χ4n) is 2.57. The third-order valence-electron chi connectivity index (χ3n) is 4.04. The molecule has 27 heavy (non-hydrogen) atoms. The van der Waals surface area contributed by atoms with Crippen LogP contribution in [-0.4, -0.2) is 47.1 Å². The summed E-state index contributed by atoms with van der Waals surface area (Å²) in [6, 6.07) is 10.4. The quantitative estimate of drug-likeness (QED) is 0.661. The molecule has 1 amide bonds. The van der Waals surface area contributed by atoms with Gasteiger partial charge in [0, 0.05) is 39.2 Å². The van der Waals surface area contributed by atoms with Gasteiger partial charge in [-0.05, 0) is 23.8 Å². The van der Waals surface area contributed by atoms with Gasteiger partial charge in [-0.15, -0.1) is 0 Å². The first-order chi connectivity index (χ1) is 12.9. The van der Waals surface area contributed by atoms with E-state index in [1.54, 1.807) is 30.6 Å². The largest absolute Gasteiger partial charge is 0.350 e. The smallest absolute Gasteiger partial charge is 0.242 e. The number of carbonyl (C=O) groups is 1. The van der Waals surface area contributed by atoms with E-state index in [0.717, 1.165) is 9.99 Å². The van der Waals surface area contributed by atoms with E-state index in [1.165, 1.54) is 24.8 Å². The zero-order chi connectivity index (χ0) is 19.4. The Morgan fingerprint density at radius 3 is 2.56 bits per heavy atom. The number of aromatic nitrogens is 3. The molecule has 1 aromatic carbocycles. The number of carbonyl (C=O) groups excluding carboxylic acids is 1. The van der Waals surface area contributed by atoms with E-state index >= 15 is 0 Å². The zero-order valence-electron chi connectivity index (χ0n) is 15.1. The molecular formula is C18H21N5O3S. The third-order valence-corrected chi connectivity index (χ3v) is 5.95. The van der Waals surface area contributed by atoms with Crippen molar-refractivity contribution in [1.29, 1.82) is 0 Å². The number of rotatable bonds is 7. The molecule has 2 heterocycles. The second-order valence-corrected chi connectivity index (χ2v) is 8.28. The van der Waals surface area contributed by atoms with Crippen molar-refractivity contribution in [3.8, 4) is 5.69 Å². The predicted octanol–water partition coefficient (Wildman–Crippen LogP) is 1.24. The molecule has 2 aromatic heterocycles. The predicted molar refractivity (Wildman–Crippen MR) is 101 cm³/mol. The van der Waals surface area contributed by atoms with Crippen LogP contribution in [-0.2, 0) is 27.9 Å². The van der Waals surface area contributed by atoms with E-state index in [4.69, 9.17) is 0 Å². The lowest BCUT2D eigenvalue weighted by Gasteiger charge is -2.15. The molecule has 0 spiro atoms. The maximum Gasteiger partial charge on any atom is 0.242 e. The highest BCUT2D eigenvalue weighted by Crippen LogP contribution is 2.18. The van der Waals surface area contributed by atoms with Crippen molar-refractivity contribution in [2.75, 3.05) is 14.1 Å². The molecule has 0 atom stereocenters. The van der Waals surface area contributed by atoms with Gasteiger partial charge in [0.25, 0.3) is 0 Å². The van der Waals surface area contributed by atoms with Gasteiger partial charge in [0.1, 0.15) is 6.54 Å². The molecular weight excluding hydrogens is 366 g/mol. The van der Waals surface area contributed by atoms with Crippen molar-refractivity contribution in [2.24, 2.45) is 0 Å². The van der Waals surface area contributed by atoms with Crippen LogP contribution in [0.5, 0.6) is 0 Å². The Labute approximate surface area is 158 Å². The number of sulfonamides is 1. The molecule has 3 aromatic rings. The summed E-state index contributed by atoms with van der Waals surface area (Å²) in [5.41, 5.74) is 1.39. The van der Waals surface area contributed by atoms with Gasteiger partial charge in [0.2, 0.25) is 15.9 Å². The summed E-state index contributed by atoms with van der Waals surface area (Å²) >= 11 is 0. The molecule has 0 bridgehead atoms. The Kier molecular flexibility index (Phi) is 5.43. The molecule has 0 radical (unpaired) electrons. The lowest BCUT2D eigenvalue weighted by atomic mass is 10.2. The lowest BCUT2D eigenvalue weighted by molar-refractivity contribution is -0.122. The van der Waals surface area contributed by atoms with Gasteiger partial charge < -0.3 is 9.88 Å². The Morgan fingerprint density at radius 1 is 1.15 bits per heavy atom. The van der Waals surface area contributed by atoms with E-state index in [0.29, 0.717) is 5.56 Å². The average molecular weight is 387 g/mol. The van der Waals surface area contributed by atoms with E-state index in [1.807, 2.05) is 29.1 Å². The van der Waals surface area contributed by atoms with Crippen molar-refractivity contribution in [1.82, 2.24) is 24.0 Å². The van der Waals surface area contributed by atoms with Crippen LogP contribution in [0.1, 0.15) is 5.56 Å². The summed E-state index contributed by atoms with van der Waals surface area (Å²) in [6.45, 7) is 0.164. The first-order valence-corrected chi connectivity index (χ1v) is 9.75. The van der Waals surface area contributed by atoms with Crippen LogP contribution < -0.4 is 5.32 Å². The van der Waals surface area contributed by atoms with Crippen molar-refractivity contribution < 1.29 is 13.2 Å². The number of amides is 1. The van der Waals surface area contributed by atoms with Gasteiger partial charge in [-0.2, -0.15) is 5.10 Å². The average Bonchev–Trinajstić information content (AvgIpc) is 3.31. The fraction of sp³-hybridized carbons (Fsp3) is 0.222. The van der Waals surface area contributed by atoms with Crippen LogP contribution in [0.2, 0.25) is 0 Å². The Morgan fingerprint density at radius 2 is 1.85 bits per heavy atom. The van der Waals surface area contributed by atoms with Crippen LogP contribution in [0.25, 0.3) is 5.69 Å². The molecule has 0 unspecified atom stereocenters. The van der Waals surface area contributed by atoms with Crippen LogP contribution in [0, 0.1) is 0 Å². The Hall–Kier alpha value is -2.91. The molecule has 0 aliphatic rings. The summed E-state index contributed by atoms with van der Waals surface area (Å²) in [4.78, 5) is 12.4. The minimum Gasteiger partial charge on any atom is -0.350 e. The number of nitrogens with one attached hydrogen (secondary N) is 1. The summed E-state index contributed by atoms with van der Waals surface area (Å²) in [7, 11) is -0.621. The van der Waals surface area contributed by atoms with E-state index in [9.17, 15) is 13.2 Å². The molecule has 0 fully saturated rings. The van der Waals surface area contributed by atoms with Gasteiger partial charge in [-0.3, -0.25) is 9.48 Å². The van der Waals surface area contributed by atoms with Crippen LogP contribution in [0.4, 0.5) is 0 Å². The van der Waals surface area contributed by atoms with Gasteiger partial charge >= 0.3 is 0 Å². The maximum absolute atomic E-state index is 12.4. The Balaban J connectivity index is 1.65. The molecule has 3 rings (SSSR count). The van der Waals surface area contributed by atoms with Gasteiger partial charge in [-0.25, -0.2) is 12.7 Å². The van der Waals surface area contributed by atoms with Crippen LogP contribution in [0.15, 0.2) is 66.1 Å². The highest BCUT2D eigenvalue weighted by Gasteiger charge is 2.20. The highest BCUT2D eigenvalue weighted by molar-refractivity contribution is 7.89. The molecule has 142 valence electrons. The standard InChI is InChI=1S/C18H21N5O3S/c1-21(2)27(25,26)17-8-4-3-7-15(17)11-19-18(24)14-23-13-16(12-20-23)22-9-5-6-10-22/h3-10,12-13H,11,14H2,1-2H3,(H,19,24). The van der Waals surface area contributed by atoms with Crippen LogP contribution in [0.3, 0.4) is 0 Å². The van der Waals surface area contributed by atoms with E-state index in [-0.39, 0.29) is 23.9 Å². The molecule has 1 N–H and O–H groups in total. The number of hydrogen-bond acceptors (Lipinski definition) is 4. The van der Waals surface area contributed by atoms with Crippen molar-refractivity contribution in [3.05, 3.63) is 66.7 Å². The molecule has 8 nitrogen and oxygen atoms in total. The first-order valence-electron chi connectivity index (χ1n) is 8.31. The number of benzene rings is 1. The zero-order valence-corrected chi connectivity index (χ0v) is 15.9. The number of nitrogens with zero attached hydrogens (tertiary/aromatic N) is 4. The minimum absolute atomic E-state index is 0.0455. The summed E-state index contributed by atoms with van der Waals surface area (Å²) < 4.78 is 29.4. The second kappa shape index (κ2) is 7.77.